The van der Waals surface area contributed by atoms with Crippen molar-refractivity contribution in [1.82, 2.24) is 0 Å². The topological polar surface area (TPSA) is 65.0 Å². The lowest BCUT2D eigenvalue weighted by atomic mass is 9.72. The third-order valence-corrected chi connectivity index (χ3v) is 5.46. The summed E-state index contributed by atoms with van der Waals surface area (Å²) in [5, 5.41) is 0. The molecule has 0 radical (unpaired) electrons. The maximum absolute atomic E-state index is 12.9. The minimum atomic E-state index is -0.969. The molecule has 1 spiro atoms. The Morgan fingerprint density at radius 2 is 1.38 bits per heavy atom. The quantitative estimate of drug-likeness (QED) is 0.782. The Morgan fingerprint density at radius 1 is 0.885 bits per heavy atom. The largest absolute Gasteiger partial charge is 0.469 e. The van der Waals surface area contributed by atoms with Gasteiger partial charge in [-0.2, -0.15) is 0 Å². The first kappa shape index (κ1) is 16.5. The minimum Gasteiger partial charge on any atom is -0.469 e. The maximum Gasteiger partial charge on any atom is 0.315 e. The van der Waals surface area contributed by atoms with Gasteiger partial charge in [0.15, 0.2) is 0 Å². The van der Waals surface area contributed by atoms with Crippen LogP contribution in [-0.4, -0.2) is 31.9 Å². The minimum absolute atomic E-state index is 0.465. The zero-order valence-electron chi connectivity index (χ0n) is 14.9. The summed E-state index contributed by atoms with van der Waals surface area (Å²) in [5.41, 5.74) is 3.50. The lowest BCUT2D eigenvalue weighted by molar-refractivity contribution is -0.156. The van der Waals surface area contributed by atoms with Gasteiger partial charge in [-0.1, -0.05) is 48.5 Å². The van der Waals surface area contributed by atoms with Crippen molar-refractivity contribution in [2.45, 2.75) is 12.5 Å². The first-order valence-electron chi connectivity index (χ1n) is 8.47. The van der Waals surface area contributed by atoms with Crippen molar-refractivity contribution in [1.29, 1.82) is 0 Å². The van der Waals surface area contributed by atoms with E-state index in [1.54, 1.807) is 6.92 Å². The summed E-state index contributed by atoms with van der Waals surface area (Å²) >= 11 is 0. The van der Waals surface area contributed by atoms with Crippen molar-refractivity contribution in [2.75, 3.05) is 14.2 Å². The molecule has 0 amide bonds. The lowest BCUT2D eigenvalue weighted by Gasteiger charge is -2.31. The first-order chi connectivity index (χ1) is 12.6. The van der Waals surface area contributed by atoms with Crippen LogP contribution >= 0.6 is 0 Å². The summed E-state index contributed by atoms with van der Waals surface area (Å²) < 4.78 is 10.1. The normalized spacial score (nSPS) is 21.7. The van der Waals surface area contributed by atoms with Gasteiger partial charge in [0.2, 0.25) is 0 Å². The molecule has 2 aromatic rings. The molecule has 1 aliphatic heterocycles. The van der Waals surface area contributed by atoms with Crippen LogP contribution in [0.4, 0.5) is 0 Å². The molecule has 0 saturated heterocycles. The molecule has 26 heavy (non-hydrogen) atoms. The van der Waals surface area contributed by atoms with Gasteiger partial charge in [0.05, 0.1) is 14.2 Å². The Hall–Kier alpha value is -2.95. The molecule has 4 rings (SSSR count). The highest BCUT2D eigenvalue weighted by Crippen LogP contribution is 2.58. The van der Waals surface area contributed by atoms with Crippen molar-refractivity contribution in [3.63, 3.8) is 0 Å². The van der Waals surface area contributed by atoms with Crippen LogP contribution in [0.15, 0.2) is 53.5 Å². The highest BCUT2D eigenvalue weighted by atomic mass is 16.5. The number of esters is 2. The molecular formula is C21H19NO4. The van der Waals surface area contributed by atoms with E-state index >= 15 is 0 Å². The molecule has 1 heterocycles. The predicted molar refractivity (Wildman–Crippen MR) is 96.8 cm³/mol. The Kier molecular flexibility index (Phi) is 3.68. The Morgan fingerprint density at radius 3 is 1.88 bits per heavy atom. The second-order valence-electron chi connectivity index (χ2n) is 6.61. The molecule has 132 valence electrons. The molecule has 0 aromatic heterocycles. The second kappa shape index (κ2) is 5.80. The number of hydrogen-bond donors (Lipinski definition) is 0. The highest BCUT2D eigenvalue weighted by molar-refractivity contribution is 6.08. The molecule has 0 N–H and O–H groups in total. The standard InChI is InChI=1S/C21H19NO4/c1-12-17(19(23)25-2)18(20(24)26-3)21(22-12)15-10-6-4-8-13(15)14-9-5-7-11-16(14)21/h4-11,17-18H,1-3H3/t17-,18-/m1/s1. The summed E-state index contributed by atoms with van der Waals surface area (Å²) in [4.78, 5) is 30.3. The van der Waals surface area contributed by atoms with Crippen LogP contribution < -0.4 is 0 Å². The van der Waals surface area contributed by atoms with Crippen molar-refractivity contribution >= 4 is 17.7 Å². The van der Waals surface area contributed by atoms with Crippen LogP contribution in [0.1, 0.15) is 18.1 Å². The molecule has 2 aliphatic rings. The summed E-state index contributed by atoms with van der Waals surface area (Å²) in [6, 6.07) is 15.8. The predicted octanol–water partition coefficient (Wildman–Crippen LogP) is 2.96. The van der Waals surface area contributed by atoms with E-state index in [9.17, 15) is 9.59 Å². The second-order valence-corrected chi connectivity index (χ2v) is 6.61. The third kappa shape index (κ3) is 1.94. The first-order valence-corrected chi connectivity index (χ1v) is 8.47. The number of hydrogen-bond acceptors (Lipinski definition) is 5. The van der Waals surface area contributed by atoms with Gasteiger partial charge < -0.3 is 9.47 Å². The van der Waals surface area contributed by atoms with Crippen molar-refractivity contribution in [3.8, 4) is 11.1 Å². The van der Waals surface area contributed by atoms with Crippen LogP contribution in [-0.2, 0) is 24.6 Å². The number of rotatable bonds is 2. The van der Waals surface area contributed by atoms with Crippen LogP contribution in [0.3, 0.4) is 0 Å². The van der Waals surface area contributed by atoms with E-state index in [-0.39, 0.29) is 0 Å². The molecule has 0 saturated carbocycles. The van der Waals surface area contributed by atoms with E-state index in [4.69, 9.17) is 14.5 Å². The number of methoxy groups -OCH3 is 2. The monoisotopic (exact) mass is 349 g/mol. The maximum atomic E-state index is 12.9. The fraction of sp³-hybridized carbons (Fsp3) is 0.286. The van der Waals surface area contributed by atoms with Crippen LogP contribution in [0.25, 0.3) is 11.1 Å². The molecule has 1 aliphatic carbocycles. The zero-order chi connectivity index (χ0) is 18.5. The molecule has 5 heteroatoms. The van der Waals surface area contributed by atoms with Crippen LogP contribution in [0.5, 0.6) is 0 Å². The lowest BCUT2D eigenvalue weighted by Crippen LogP contribution is -2.42. The molecule has 2 atom stereocenters. The molecule has 0 fully saturated rings. The van der Waals surface area contributed by atoms with Crippen molar-refractivity contribution in [2.24, 2.45) is 16.8 Å². The van der Waals surface area contributed by atoms with Crippen molar-refractivity contribution in [3.05, 3.63) is 59.7 Å². The average molecular weight is 349 g/mol. The van der Waals surface area contributed by atoms with Crippen LogP contribution in [0.2, 0.25) is 0 Å². The molecule has 0 unspecified atom stereocenters. The number of fused-ring (bicyclic) bond motifs is 5. The summed E-state index contributed by atoms with van der Waals surface area (Å²) in [6.45, 7) is 1.77. The fourth-order valence-corrected chi connectivity index (χ4v) is 4.47. The van der Waals surface area contributed by atoms with E-state index in [0.29, 0.717) is 5.71 Å². The van der Waals surface area contributed by atoms with E-state index in [2.05, 4.69) is 0 Å². The fourth-order valence-electron chi connectivity index (χ4n) is 4.47. The average Bonchev–Trinajstić information content (AvgIpc) is 3.14. The van der Waals surface area contributed by atoms with Gasteiger partial charge in [-0.05, 0) is 29.2 Å². The van der Waals surface area contributed by atoms with E-state index in [1.807, 2.05) is 48.5 Å². The van der Waals surface area contributed by atoms with Gasteiger partial charge in [0.25, 0.3) is 0 Å². The van der Waals surface area contributed by atoms with E-state index in [0.717, 1.165) is 22.3 Å². The molecule has 5 nitrogen and oxygen atoms in total. The van der Waals surface area contributed by atoms with E-state index in [1.165, 1.54) is 14.2 Å². The number of ether oxygens (including phenoxy) is 2. The van der Waals surface area contributed by atoms with Gasteiger partial charge in [-0.15, -0.1) is 0 Å². The highest BCUT2D eigenvalue weighted by Gasteiger charge is 2.61. The summed E-state index contributed by atoms with van der Waals surface area (Å²) in [6.07, 6.45) is 0. The Balaban J connectivity index is 2.06. The van der Waals surface area contributed by atoms with Crippen molar-refractivity contribution < 1.29 is 19.1 Å². The van der Waals surface area contributed by atoms with Gasteiger partial charge >= 0.3 is 11.9 Å². The number of carbonyl (C=O) groups excluding carboxylic acids is 2. The van der Waals surface area contributed by atoms with Gasteiger partial charge in [0, 0.05) is 5.71 Å². The summed E-state index contributed by atoms with van der Waals surface area (Å²) in [7, 11) is 2.66. The Labute approximate surface area is 151 Å². The molecule has 2 aromatic carbocycles. The van der Waals surface area contributed by atoms with Gasteiger partial charge in [0.1, 0.15) is 17.4 Å². The SMILES string of the molecule is COC(=O)[C@@H]1C(C)=NC2(c3ccccc3-c3ccccc32)[C@H]1C(=O)OC. The Bertz CT molecular complexity index is 901. The number of carbonyl (C=O) groups is 2. The molecule has 0 bridgehead atoms. The zero-order valence-corrected chi connectivity index (χ0v) is 14.9. The van der Waals surface area contributed by atoms with Gasteiger partial charge in [-0.25, -0.2) is 0 Å². The van der Waals surface area contributed by atoms with Crippen LogP contribution in [0, 0.1) is 11.8 Å². The third-order valence-electron chi connectivity index (χ3n) is 5.46. The number of nitrogens with zero attached hydrogens (tertiary/aromatic N) is 1. The van der Waals surface area contributed by atoms with E-state index < -0.39 is 29.3 Å². The smallest absolute Gasteiger partial charge is 0.315 e. The number of aliphatic imine (C=N–C) groups is 1. The summed E-state index contributed by atoms with van der Waals surface area (Å²) in [5.74, 6) is -2.51. The number of benzene rings is 2. The van der Waals surface area contributed by atoms with Gasteiger partial charge in [-0.3, -0.25) is 14.6 Å². The molecular weight excluding hydrogens is 330 g/mol.